The van der Waals surface area contributed by atoms with E-state index in [1.807, 2.05) is 60.7 Å². The van der Waals surface area contributed by atoms with Crippen LogP contribution in [-0.2, 0) is 0 Å². The largest absolute Gasteiger partial charge is 0.309 e. The van der Waals surface area contributed by atoms with E-state index in [1.165, 1.54) is 43.6 Å². The molecule has 0 aliphatic carbocycles. The summed E-state index contributed by atoms with van der Waals surface area (Å²) >= 11 is 0. The minimum absolute atomic E-state index is 0.537. The second-order valence-electron chi connectivity index (χ2n) is 18.2. The quantitative estimate of drug-likeness (QED) is 0.156. The zero-order valence-electron chi connectivity index (χ0n) is 38.1. The van der Waals surface area contributed by atoms with E-state index in [4.69, 9.17) is 19.9 Å². The summed E-state index contributed by atoms with van der Waals surface area (Å²) in [7, 11) is 0. The van der Waals surface area contributed by atoms with E-state index >= 15 is 0 Å². The predicted molar refractivity (Wildman–Crippen MR) is 291 cm³/mol. The van der Waals surface area contributed by atoms with Gasteiger partial charge in [-0.1, -0.05) is 170 Å². The minimum atomic E-state index is 0.537. The summed E-state index contributed by atoms with van der Waals surface area (Å²) in [6.45, 7) is 0. The highest BCUT2D eigenvalue weighted by atomic mass is 15.3. The smallest absolute Gasteiger partial charge is 0.238 e. The molecule has 0 N–H and O–H groups in total. The number of pyridine rings is 1. The molecule has 4 aromatic heterocycles. The van der Waals surface area contributed by atoms with Crippen molar-refractivity contribution < 1.29 is 0 Å². The molecule has 0 fully saturated rings. The summed E-state index contributed by atoms with van der Waals surface area (Å²) in [5.41, 5.74) is 15.8. The molecule has 0 spiro atoms. The Balaban J connectivity index is 0.925. The van der Waals surface area contributed by atoms with Crippen LogP contribution in [0, 0.1) is 0 Å². The molecule has 0 unspecified atom stereocenters. The third-order valence-electron chi connectivity index (χ3n) is 14.3. The number of rotatable bonds is 6. The van der Waals surface area contributed by atoms with E-state index in [-0.39, 0.29) is 0 Å². The third kappa shape index (κ3) is 5.96. The summed E-state index contributed by atoms with van der Waals surface area (Å²) < 4.78 is 4.85. The molecule has 15 rings (SSSR count). The van der Waals surface area contributed by atoms with Gasteiger partial charge < -0.3 is 9.13 Å². The molecule has 0 atom stereocenters. The number of fused-ring (bicyclic) bond motifs is 11. The van der Waals surface area contributed by atoms with Gasteiger partial charge in [0.2, 0.25) is 5.95 Å². The van der Waals surface area contributed by atoms with Gasteiger partial charge in [0, 0.05) is 60.4 Å². The first-order valence-corrected chi connectivity index (χ1v) is 24.0. The predicted octanol–water partition coefficient (Wildman–Crippen LogP) is 16.2. The Hall–Kier alpha value is -9.72. The summed E-state index contributed by atoms with van der Waals surface area (Å²) in [6.07, 6.45) is 0. The lowest BCUT2D eigenvalue weighted by atomic mass is 9.91. The van der Waals surface area contributed by atoms with Crippen LogP contribution >= 0.6 is 0 Å². The maximum absolute atomic E-state index is 5.46. The van der Waals surface area contributed by atoms with Gasteiger partial charge in [-0.25, -0.2) is 9.97 Å². The van der Waals surface area contributed by atoms with Gasteiger partial charge in [-0.3, -0.25) is 4.90 Å². The lowest BCUT2D eigenvalue weighted by Gasteiger charge is -2.32. The molecule has 0 amide bonds. The van der Waals surface area contributed by atoms with Gasteiger partial charge in [0.1, 0.15) is 0 Å². The average molecular weight is 906 g/mol. The molecule has 7 nitrogen and oxygen atoms in total. The maximum atomic E-state index is 5.46. The summed E-state index contributed by atoms with van der Waals surface area (Å²) in [4.78, 5) is 23.2. The van der Waals surface area contributed by atoms with Gasteiger partial charge in [-0.2, -0.15) is 9.97 Å². The van der Waals surface area contributed by atoms with Crippen LogP contribution in [0.4, 0.5) is 17.3 Å². The Labute approximate surface area is 407 Å². The maximum Gasteiger partial charge on any atom is 0.238 e. The second kappa shape index (κ2) is 15.4. The van der Waals surface area contributed by atoms with Crippen molar-refractivity contribution in [3.8, 4) is 56.5 Å². The highest BCUT2D eigenvalue weighted by molar-refractivity contribution is 6.26. The first-order valence-electron chi connectivity index (χ1n) is 24.0. The molecule has 5 heterocycles. The van der Waals surface area contributed by atoms with Crippen LogP contribution in [0.15, 0.2) is 237 Å². The van der Waals surface area contributed by atoms with Crippen LogP contribution in [0.3, 0.4) is 0 Å². The van der Waals surface area contributed by atoms with E-state index in [1.54, 1.807) is 0 Å². The lowest BCUT2D eigenvalue weighted by molar-refractivity contribution is 1.02. The molecule has 1 aliphatic rings. The SMILES string of the molecule is c1ccc(-c2nc(-c3ccccc3)nc(N3c4ccc(-c5ccc(-n6c7ccccc7c7ccc8c(c9ccccc9n8-c8ccccc8)c76)cc5)cc4-c4nc5ccccc5c5cccc3c45)n2)cc1. The molecule has 0 saturated heterocycles. The second-order valence-corrected chi connectivity index (χ2v) is 18.2. The molecule has 10 aromatic carbocycles. The molecule has 0 radical (unpaired) electrons. The van der Waals surface area contributed by atoms with Crippen molar-refractivity contribution in [1.82, 2.24) is 29.1 Å². The molecule has 330 valence electrons. The number of hydrogen-bond acceptors (Lipinski definition) is 5. The van der Waals surface area contributed by atoms with Crippen molar-refractivity contribution in [2.45, 2.75) is 0 Å². The first-order chi connectivity index (χ1) is 35.2. The summed E-state index contributed by atoms with van der Waals surface area (Å²) in [5, 5.41) is 8.20. The van der Waals surface area contributed by atoms with Gasteiger partial charge in [-0.05, 0) is 83.2 Å². The third-order valence-corrected chi connectivity index (χ3v) is 14.3. The number of anilines is 3. The van der Waals surface area contributed by atoms with Crippen LogP contribution in [0.2, 0.25) is 0 Å². The van der Waals surface area contributed by atoms with Crippen molar-refractivity contribution in [2.75, 3.05) is 4.90 Å². The fraction of sp³-hybridized carbons (Fsp3) is 0. The highest BCUT2D eigenvalue weighted by Gasteiger charge is 2.31. The zero-order chi connectivity index (χ0) is 46.6. The van der Waals surface area contributed by atoms with Crippen molar-refractivity contribution in [2.24, 2.45) is 0 Å². The Morgan fingerprint density at radius 1 is 0.310 bits per heavy atom. The molecule has 14 aromatic rings. The van der Waals surface area contributed by atoms with Gasteiger partial charge in [0.05, 0.1) is 44.7 Å². The Morgan fingerprint density at radius 2 is 0.901 bits per heavy atom. The van der Waals surface area contributed by atoms with E-state index < -0.39 is 0 Å². The van der Waals surface area contributed by atoms with E-state index in [0.717, 1.165) is 77.9 Å². The Kier molecular flexibility index (Phi) is 8.52. The molecule has 71 heavy (non-hydrogen) atoms. The van der Waals surface area contributed by atoms with E-state index in [2.05, 4.69) is 190 Å². The van der Waals surface area contributed by atoms with E-state index in [9.17, 15) is 0 Å². The number of benzene rings is 10. The van der Waals surface area contributed by atoms with Crippen LogP contribution in [0.5, 0.6) is 0 Å². The molecule has 0 bridgehead atoms. The molecule has 0 saturated carbocycles. The first kappa shape index (κ1) is 39.3. The minimum Gasteiger partial charge on any atom is -0.309 e. The summed E-state index contributed by atoms with van der Waals surface area (Å²) in [5.74, 6) is 1.75. The van der Waals surface area contributed by atoms with E-state index in [0.29, 0.717) is 17.6 Å². The van der Waals surface area contributed by atoms with Crippen molar-refractivity contribution in [3.05, 3.63) is 237 Å². The van der Waals surface area contributed by atoms with Crippen LogP contribution in [-0.4, -0.2) is 29.1 Å². The number of para-hydroxylation sites is 4. The standard InChI is InChI=1S/C64H39N7/c1-4-17-41(18-5-1)62-66-63(42-19-6-2-7-20-42)68-64(67-62)71-55-37-33-43(39-51(55)60-58-48(26-16-30-56(58)71)46-23-10-13-27-52(46)65-60)40-31-34-45(35-32-40)70-53-28-14-11-24-47(53)49-36-38-57-59(61(49)70)50-25-12-15-29-54(50)69(57)44-21-8-3-9-22-44/h1-39H. The van der Waals surface area contributed by atoms with Gasteiger partial charge in [-0.15, -0.1) is 0 Å². The van der Waals surface area contributed by atoms with Crippen LogP contribution < -0.4 is 4.90 Å². The fourth-order valence-corrected chi connectivity index (χ4v) is 11.1. The monoisotopic (exact) mass is 905 g/mol. The molecular weight excluding hydrogens is 867 g/mol. The molecule has 1 aliphatic heterocycles. The molecule has 7 heteroatoms. The van der Waals surface area contributed by atoms with Crippen molar-refractivity contribution in [1.29, 1.82) is 0 Å². The van der Waals surface area contributed by atoms with Gasteiger partial charge in [0.15, 0.2) is 11.6 Å². The fourth-order valence-electron chi connectivity index (χ4n) is 11.1. The normalized spacial score (nSPS) is 12.2. The Morgan fingerprint density at radius 3 is 1.63 bits per heavy atom. The average Bonchev–Trinajstić information content (AvgIpc) is 3.97. The van der Waals surface area contributed by atoms with Crippen LogP contribution in [0.1, 0.15) is 0 Å². The molecular formula is C64H39N7. The van der Waals surface area contributed by atoms with Crippen molar-refractivity contribution >= 4 is 82.6 Å². The zero-order valence-corrected chi connectivity index (χ0v) is 38.1. The number of hydrogen-bond donors (Lipinski definition) is 0. The van der Waals surface area contributed by atoms with Gasteiger partial charge >= 0.3 is 0 Å². The number of aromatic nitrogens is 6. The van der Waals surface area contributed by atoms with Crippen LogP contribution in [0.25, 0.3) is 122 Å². The Bertz CT molecular complexity index is 4390. The van der Waals surface area contributed by atoms with Gasteiger partial charge in [0.25, 0.3) is 0 Å². The summed E-state index contributed by atoms with van der Waals surface area (Å²) in [6, 6.07) is 83.9. The van der Waals surface area contributed by atoms with Crippen molar-refractivity contribution in [3.63, 3.8) is 0 Å². The lowest BCUT2D eigenvalue weighted by Crippen LogP contribution is -2.19. The topological polar surface area (TPSA) is 64.7 Å². The highest BCUT2D eigenvalue weighted by Crippen LogP contribution is 2.52. The number of nitrogens with zero attached hydrogens (tertiary/aromatic N) is 7.